The van der Waals surface area contributed by atoms with Crippen molar-refractivity contribution in [3.05, 3.63) is 18.2 Å². The summed E-state index contributed by atoms with van der Waals surface area (Å²) in [5.74, 6) is 1.02. The van der Waals surface area contributed by atoms with Gasteiger partial charge in [-0.25, -0.2) is 0 Å². The zero-order valence-corrected chi connectivity index (χ0v) is 10.3. The predicted octanol–water partition coefficient (Wildman–Crippen LogP) is -0.0672. The lowest BCUT2D eigenvalue weighted by Crippen LogP contribution is -2.35. The Bertz CT molecular complexity index is 390. The minimum Gasteiger partial charge on any atom is -0.497 e. The normalized spacial score (nSPS) is 19.4. The van der Waals surface area contributed by atoms with Crippen molar-refractivity contribution in [2.24, 2.45) is 0 Å². The molecular formula is C12H17BO5. The van der Waals surface area contributed by atoms with Crippen molar-refractivity contribution in [2.75, 3.05) is 20.3 Å². The first-order valence-electron chi connectivity index (χ1n) is 5.99. The molecule has 0 aliphatic carbocycles. The Labute approximate surface area is 106 Å². The molecule has 0 spiro atoms. The van der Waals surface area contributed by atoms with E-state index < -0.39 is 7.12 Å². The summed E-state index contributed by atoms with van der Waals surface area (Å²) < 4.78 is 16.1. The van der Waals surface area contributed by atoms with Crippen LogP contribution in [0.1, 0.15) is 12.8 Å². The molecule has 1 fully saturated rings. The fourth-order valence-electron chi connectivity index (χ4n) is 1.95. The van der Waals surface area contributed by atoms with E-state index in [-0.39, 0.29) is 6.10 Å². The van der Waals surface area contributed by atoms with Crippen molar-refractivity contribution in [2.45, 2.75) is 18.9 Å². The van der Waals surface area contributed by atoms with Crippen LogP contribution in [0, 0.1) is 0 Å². The molecule has 0 saturated carbocycles. The summed E-state index contributed by atoms with van der Waals surface area (Å²) in [5, 5.41) is 18.7. The molecule has 0 bridgehead atoms. The van der Waals surface area contributed by atoms with Gasteiger partial charge in [-0.1, -0.05) is 0 Å². The van der Waals surface area contributed by atoms with Crippen molar-refractivity contribution in [3.63, 3.8) is 0 Å². The second kappa shape index (κ2) is 6.09. The van der Waals surface area contributed by atoms with Gasteiger partial charge in [0.1, 0.15) is 17.6 Å². The van der Waals surface area contributed by atoms with E-state index in [1.807, 2.05) is 0 Å². The van der Waals surface area contributed by atoms with E-state index in [4.69, 9.17) is 14.2 Å². The summed E-state index contributed by atoms with van der Waals surface area (Å²) in [6, 6.07) is 4.97. The minimum atomic E-state index is -1.58. The number of methoxy groups -OCH3 is 1. The molecule has 1 saturated heterocycles. The van der Waals surface area contributed by atoms with Gasteiger partial charge in [-0.3, -0.25) is 0 Å². The van der Waals surface area contributed by atoms with Crippen LogP contribution >= 0.6 is 0 Å². The maximum absolute atomic E-state index is 9.34. The quantitative estimate of drug-likeness (QED) is 0.734. The number of hydrogen-bond donors (Lipinski definition) is 2. The molecule has 2 rings (SSSR count). The van der Waals surface area contributed by atoms with E-state index in [2.05, 4.69) is 0 Å². The third-order valence-electron chi connectivity index (χ3n) is 2.91. The number of ether oxygens (including phenoxy) is 3. The van der Waals surface area contributed by atoms with E-state index in [9.17, 15) is 10.0 Å². The molecule has 1 aromatic carbocycles. The van der Waals surface area contributed by atoms with Crippen molar-refractivity contribution in [1.82, 2.24) is 0 Å². The third-order valence-corrected chi connectivity index (χ3v) is 2.91. The van der Waals surface area contributed by atoms with E-state index in [0.29, 0.717) is 23.6 Å². The fourth-order valence-corrected chi connectivity index (χ4v) is 1.95. The number of rotatable bonds is 4. The van der Waals surface area contributed by atoms with E-state index in [1.54, 1.807) is 18.2 Å². The summed E-state index contributed by atoms with van der Waals surface area (Å²) in [6.45, 7) is 1.30. The summed E-state index contributed by atoms with van der Waals surface area (Å²) in [6.07, 6.45) is 1.83. The molecular weight excluding hydrogens is 235 g/mol. The Hall–Kier alpha value is -1.24. The lowest BCUT2D eigenvalue weighted by Gasteiger charge is -2.24. The molecule has 0 radical (unpaired) electrons. The van der Waals surface area contributed by atoms with Crippen molar-refractivity contribution in [3.8, 4) is 11.5 Å². The summed E-state index contributed by atoms with van der Waals surface area (Å²) in [5.41, 5.74) is 0.305. The Balaban J connectivity index is 2.15. The zero-order valence-electron chi connectivity index (χ0n) is 10.3. The van der Waals surface area contributed by atoms with Crippen LogP contribution in [0.2, 0.25) is 0 Å². The lowest BCUT2D eigenvalue weighted by atomic mass is 9.79. The van der Waals surface area contributed by atoms with Crippen molar-refractivity contribution < 1.29 is 24.3 Å². The summed E-state index contributed by atoms with van der Waals surface area (Å²) in [4.78, 5) is 0. The fraction of sp³-hybridized carbons (Fsp3) is 0.500. The van der Waals surface area contributed by atoms with Crippen molar-refractivity contribution >= 4 is 12.6 Å². The Kier molecular flexibility index (Phi) is 4.46. The highest BCUT2D eigenvalue weighted by atomic mass is 16.5. The van der Waals surface area contributed by atoms with Crippen LogP contribution in [0.25, 0.3) is 0 Å². The molecule has 6 heteroatoms. The van der Waals surface area contributed by atoms with Crippen LogP contribution in [0.3, 0.4) is 0 Å². The topological polar surface area (TPSA) is 68.2 Å². The largest absolute Gasteiger partial charge is 0.497 e. The van der Waals surface area contributed by atoms with Crippen LogP contribution in [0.15, 0.2) is 18.2 Å². The van der Waals surface area contributed by atoms with Gasteiger partial charge in [-0.2, -0.15) is 0 Å². The second-order valence-corrected chi connectivity index (χ2v) is 4.23. The molecule has 18 heavy (non-hydrogen) atoms. The average Bonchev–Trinajstić information content (AvgIpc) is 2.40. The van der Waals surface area contributed by atoms with Gasteiger partial charge in [0.25, 0.3) is 0 Å². The molecule has 1 aliphatic rings. The molecule has 98 valence electrons. The molecule has 0 amide bonds. The second-order valence-electron chi connectivity index (χ2n) is 4.23. The molecule has 1 unspecified atom stereocenters. The summed E-state index contributed by atoms with van der Waals surface area (Å²) >= 11 is 0. The van der Waals surface area contributed by atoms with Gasteiger partial charge in [-0.05, 0) is 31.0 Å². The van der Waals surface area contributed by atoms with E-state index in [0.717, 1.165) is 19.4 Å². The first-order valence-corrected chi connectivity index (χ1v) is 5.99. The molecule has 5 nitrogen and oxygen atoms in total. The minimum absolute atomic E-state index is 0.0374. The van der Waals surface area contributed by atoms with Gasteiger partial charge < -0.3 is 24.3 Å². The van der Waals surface area contributed by atoms with E-state index >= 15 is 0 Å². The molecule has 1 aliphatic heterocycles. The van der Waals surface area contributed by atoms with Gasteiger partial charge in [0, 0.05) is 12.1 Å². The van der Waals surface area contributed by atoms with Gasteiger partial charge in [0.2, 0.25) is 0 Å². The van der Waals surface area contributed by atoms with Gasteiger partial charge in [0.05, 0.1) is 13.7 Å². The van der Waals surface area contributed by atoms with Gasteiger partial charge in [-0.15, -0.1) is 0 Å². The molecule has 1 aromatic rings. The van der Waals surface area contributed by atoms with E-state index in [1.165, 1.54) is 7.11 Å². The first kappa shape index (κ1) is 13.2. The van der Waals surface area contributed by atoms with Gasteiger partial charge in [0.15, 0.2) is 0 Å². The Morgan fingerprint density at radius 3 is 2.83 bits per heavy atom. The predicted molar refractivity (Wildman–Crippen MR) is 67.3 cm³/mol. The SMILES string of the molecule is COc1ccc(OC2CCCOC2)c(B(O)O)c1. The van der Waals surface area contributed by atoms with Crippen LogP contribution in [0.5, 0.6) is 11.5 Å². The maximum atomic E-state index is 9.34. The Morgan fingerprint density at radius 1 is 1.39 bits per heavy atom. The van der Waals surface area contributed by atoms with Crippen molar-refractivity contribution in [1.29, 1.82) is 0 Å². The molecule has 1 heterocycles. The van der Waals surface area contributed by atoms with Crippen LogP contribution in [-0.4, -0.2) is 43.6 Å². The van der Waals surface area contributed by atoms with Crippen LogP contribution in [0.4, 0.5) is 0 Å². The average molecular weight is 252 g/mol. The highest BCUT2D eigenvalue weighted by Gasteiger charge is 2.22. The monoisotopic (exact) mass is 252 g/mol. The summed E-state index contributed by atoms with van der Waals surface area (Å²) in [7, 11) is -0.0575. The highest BCUT2D eigenvalue weighted by molar-refractivity contribution is 6.59. The molecule has 0 aromatic heterocycles. The number of hydrogen-bond acceptors (Lipinski definition) is 5. The molecule has 2 N–H and O–H groups in total. The highest BCUT2D eigenvalue weighted by Crippen LogP contribution is 2.19. The molecule has 1 atom stereocenters. The lowest BCUT2D eigenvalue weighted by molar-refractivity contribution is 0.00776. The Morgan fingerprint density at radius 2 is 2.22 bits per heavy atom. The standard InChI is InChI=1S/C12H17BO5/c1-16-9-4-5-12(11(7-9)13(14)15)18-10-3-2-6-17-8-10/h4-5,7,10,14-15H,2-3,6,8H2,1H3. The first-order chi connectivity index (χ1) is 8.70. The maximum Gasteiger partial charge on any atom is 0.492 e. The van der Waals surface area contributed by atoms with Gasteiger partial charge >= 0.3 is 7.12 Å². The zero-order chi connectivity index (χ0) is 13.0. The van der Waals surface area contributed by atoms with Crippen LogP contribution in [-0.2, 0) is 4.74 Å². The number of benzene rings is 1. The van der Waals surface area contributed by atoms with Crippen LogP contribution < -0.4 is 14.9 Å². The smallest absolute Gasteiger partial charge is 0.492 e. The third kappa shape index (κ3) is 3.16.